The molecule has 9 heavy (non-hydrogen) atoms. The third-order valence-corrected chi connectivity index (χ3v) is 1.73. The lowest BCUT2D eigenvalue weighted by atomic mass is 10.1. The third-order valence-electron chi connectivity index (χ3n) is 1.73. The van der Waals surface area contributed by atoms with E-state index in [1.54, 1.807) is 6.92 Å². The molecule has 1 heterocycles. The van der Waals surface area contributed by atoms with Gasteiger partial charge in [0.1, 0.15) is 0 Å². The van der Waals surface area contributed by atoms with E-state index in [1.165, 1.54) is 7.11 Å². The van der Waals surface area contributed by atoms with Gasteiger partial charge in [-0.25, -0.2) is 4.79 Å². The highest BCUT2D eigenvalue weighted by Gasteiger charge is 2.56. The Labute approximate surface area is 53.9 Å². The number of carbonyl (C=O) groups excluding carboxylic acids is 1. The van der Waals surface area contributed by atoms with E-state index >= 15 is 0 Å². The van der Waals surface area contributed by atoms with Crippen molar-refractivity contribution >= 4 is 5.97 Å². The van der Waals surface area contributed by atoms with Crippen molar-refractivity contribution in [3.8, 4) is 0 Å². The zero-order chi connectivity index (χ0) is 7.07. The maximum absolute atomic E-state index is 10.8. The van der Waals surface area contributed by atoms with E-state index in [1.807, 2.05) is 6.92 Å². The number of methoxy groups -OCH3 is 1. The Morgan fingerprint density at radius 1 is 1.78 bits per heavy atom. The van der Waals surface area contributed by atoms with Gasteiger partial charge in [-0.2, -0.15) is 0 Å². The van der Waals surface area contributed by atoms with E-state index in [0.29, 0.717) is 0 Å². The van der Waals surface area contributed by atoms with Crippen LogP contribution in [-0.2, 0) is 14.3 Å². The molecule has 52 valence electrons. The fourth-order valence-electron chi connectivity index (χ4n) is 0.750. The molecule has 1 fully saturated rings. The van der Waals surface area contributed by atoms with Gasteiger partial charge in [-0.15, -0.1) is 0 Å². The molecule has 1 aliphatic rings. The van der Waals surface area contributed by atoms with Crippen LogP contribution >= 0.6 is 0 Å². The summed E-state index contributed by atoms with van der Waals surface area (Å²) in [5.41, 5.74) is -0.644. The van der Waals surface area contributed by atoms with Gasteiger partial charge in [-0.1, -0.05) is 0 Å². The lowest BCUT2D eigenvalue weighted by molar-refractivity contribution is -0.146. The molecule has 1 saturated heterocycles. The number of hydrogen-bond acceptors (Lipinski definition) is 3. The van der Waals surface area contributed by atoms with Crippen molar-refractivity contribution < 1.29 is 14.3 Å². The Hall–Kier alpha value is -0.570. The molecule has 3 nitrogen and oxygen atoms in total. The van der Waals surface area contributed by atoms with Crippen LogP contribution in [0.3, 0.4) is 0 Å². The van der Waals surface area contributed by atoms with Crippen LogP contribution in [0.15, 0.2) is 0 Å². The van der Waals surface area contributed by atoms with Gasteiger partial charge < -0.3 is 9.47 Å². The predicted octanol–water partition coefficient (Wildman–Crippen LogP) is 0.337. The van der Waals surface area contributed by atoms with Crippen molar-refractivity contribution in [1.82, 2.24) is 0 Å². The quantitative estimate of drug-likeness (QED) is 0.379. The van der Waals surface area contributed by atoms with Gasteiger partial charge in [0.15, 0.2) is 5.60 Å². The van der Waals surface area contributed by atoms with Crippen LogP contribution in [0, 0.1) is 0 Å². The summed E-state index contributed by atoms with van der Waals surface area (Å²) < 4.78 is 9.47. The maximum atomic E-state index is 10.8. The standard InChI is InChI=1S/C6H10O3/c1-4-6(2,9-4)5(7)8-3/h4H,1-3H3/t4-,6+/m1/s1. The molecule has 0 bridgehead atoms. The molecule has 0 spiro atoms. The third kappa shape index (κ3) is 0.812. The first-order valence-electron chi connectivity index (χ1n) is 2.87. The molecular formula is C6H10O3. The number of carbonyl (C=O) groups is 1. The topological polar surface area (TPSA) is 38.8 Å². The summed E-state index contributed by atoms with van der Waals surface area (Å²) in [5, 5.41) is 0. The van der Waals surface area contributed by atoms with Crippen molar-refractivity contribution in [2.45, 2.75) is 25.6 Å². The summed E-state index contributed by atoms with van der Waals surface area (Å²) in [6.07, 6.45) is 0.0185. The summed E-state index contributed by atoms with van der Waals surface area (Å²) in [4.78, 5) is 10.8. The fourth-order valence-corrected chi connectivity index (χ4v) is 0.750. The normalized spacial score (nSPS) is 40.1. The van der Waals surface area contributed by atoms with Gasteiger partial charge in [0.25, 0.3) is 0 Å². The van der Waals surface area contributed by atoms with Crippen LogP contribution in [-0.4, -0.2) is 24.8 Å². The Kier molecular flexibility index (Phi) is 1.24. The minimum absolute atomic E-state index is 0.0185. The van der Waals surface area contributed by atoms with Crippen LogP contribution in [0.4, 0.5) is 0 Å². The second kappa shape index (κ2) is 1.70. The summed E-state index contributed by atoms with van der Waals surface area (Å²) in [6, 6.07) is 0. The van der Waals surface area contributed by atoms with Gasteiger partial charge in [0.05, 0.1) is 13.2 Å². The molecule has 0 N–H and O–H groups in total. The average molecular weight is 130 g/mol. The first-order chi connectivity index (χ1) is 4.11. The highest BCUT2D eigenvalue weighted by atomic mass is 16.7. The lowest BCUT2D eigenvalue weighted by Crippen LogP contribution is -2.23. The van der Waals surface area contributed by atoms with Crippen molar-refractivity contribution in [2.75, 3.05) is 7.11 Å². The number of hydrogen-bond donors (Lipinski definition) is 0. The van der Waals surface area contributed by atoms with Crippen molar-refractivity contribution in [1.29, 1.82) is 0 Å². The van der Waals surface area contributed by atoms with Crippen molar-refractivity contribution in [2.24, 2.45) is 0 Å². The summed E-state index contributed by atoms with van der Waals surface area (Å²) in [7, 11) is 1.36. The largest absolute Gasteiger partial charge is 0.467 e. The number of rotatable bonds is 1. The Bertz CT molecular complexity index is 143. The number of esters is 1. The van der Waals surface area contributed by atoms with Crippen molar-refractivity contribution in [3.63, 3.8) is 0 Å². The number of epoxide rings is 1. The minimum atomic E-state index is -0.644. The number of ether oxygens (including phenoxy) is 2. The molecule has 1 aliphatic heterocycles. The van der Waals surface area contributed by atoms with Gasteiger partial charge in [-0.05, 0) is 13.8 Å². The van der Waals surface area contributed by atoms with Crippen LogP contribution in [0.5, 0.6) is 0 Å². The zero-order valence-corrected chi connectivity index (χ0v) is 5.80. The van der Waals surface area contributed by atoms with Gasteiger partial charge >= 0.3 is 5.97 Å². The second-order valence-electron chi connectivity index (χ2n) is 2.36. The maximum Gasteiger partial charge on any atom is 0.340 e. The molecule has 0 aromatic rings. The Balaban J connectivity index is 2.53. The zero-order valence-electron chi connectivity index (χ0n) is 5.80. The SMILES string of the molecule is COC(=O)[C@@]1(C)O[C@@H]1C. The molecule has 3 heteroatoms. The molecule has 0 aromatic heterocycles. The van der Waals surface area contributed by atoms with E-state index < -0.39 is 5.60 Å². The van der Waals surface area contributed by atoms with E-state index in [0.717, 1.165) is 0 Å². The smallest absolute Gasteiger partial charge is 0.340 e. The molecule has 2 atom stereocenters. The van der Waals surface area contributed by atoms with Gasteiger partial charge in [0, 0.05) is 0 Å². The van der Waals surface area contributed by atoms with Gasteiger partial charge in [0.2, 0.25) is 0 Å². The minimum Gasteiger partial charge on any atom is -0.467 e. The molecule has 0 radical (unpaired) electrons. The van der Waals surface area contributed by atoms with E-state index in [4.69, 9.17) is 4.74 Å². The molecular weight excluding hydrogens is 120 g/mol. The van der Waals surface area contributed by atoms with Crippen LogP contribution < -0.4 is 0 Å². The van der Waals surface area contributed by atoms with Crippen molar-refractivity contribution in [3.05, 3.63) is 0 Å². The molecule has 0 unspecified atom stereocenters. The summed E-state index contributed by atoms with van der Waals surface area (Å²) in [6.45, 7) is 3.57. The first kappa shape index (κ1) is 6.55. The first-order valence-corrected chi connectivity index (χ1v) is 2.87. The Morgan fingerprint density at radius 2 is 2.22 bits per heavy atom. The molecule has 1 rings (SSSR count). The van der Waals surface area contributed by atoms with Gasteiger partial charge in [-0.3, -0.25) is 0 Å². The van der Waals surface area contributed by atoms with Crippen LogP contribution in [0.1, 0.15) is 13.8 Å². The summed E-state index contributed by atoms with van der Waals surface area (Å²) >= 11 is 0. The highest BCUT2D eigenvalue weighted by molar-refractivity contribution is 5.82. The van der Waals surface area contributed by atoms with Crippen LogP contribution in [0.25, 0.3) is 0 Å². The summed E-state index contributed by atoms with van der Waals surface area (Å²) in [5.74, 6) is -0.282. The monoisotopic (exact) mass is 130 g/mol. The predicted molar refractivity (Wildman–Crippen MR) is 31.0 cm³/mol. The Morgan fingerprint density at radius 3 is 2.33 bits per heavy atom. The molecule has 0 amide bonds. The van der Waals surface area contributed by atoms with Crippen LogP contribution in [0.2, 0.25) is 0 Å². The van der Waals surface area contributed by atoms with E-state index in [9.17, 15) is 4.79 Å². The highest BCUT2D eigenvalue weighted by Crippen LogP contribution is 2.36. The van der Waals surface area contributed by atoms with E-state index in [-0.39, 0.29) is 12.1 Å². The second-order valence-corrected chi connectivity index (χ2v) is 2.36. The average Bonchev–Trinajstić information content (AvgIpc) is 2.41. The molecule has 0 aliphatic carbocycles. The van der Waals surface area contributed by atoms with E-state index in [2.05, 4.69) is 4.74 Å². The molecule has 0 saturated carbocycles. The fraction of sp³-hybridized carbons (Fsp3) is 0.833. The molecule has 0 aromatic carbocycles. The lowest BCUT2D eigenvalue weighted by Gasteiger charge is -2.00.